The molecule has 0 aliphatic rings. The van der Waals surface area contributed by atoms with E-state index in [0.717, 1.165) is 28.1 Å². The van der Waals surface area contributed by atoms with E-state index in [1.165, 1.54) is 0 Å². The van der Waals surface area contributed by atoms with Gasteiger partial charge < -0.3 is 5.32 Å². The lowest BCUT2D eigenvalue weighted by molar-refractivity contribution is 0.592. The first-order chi connectivity index (χ1) is 9.51. The van der Waals surface area contributed by atoms with Crippen molar-refractivity contribution in [2.75, 3.05) is 7.05 Å². The summed E-state index contributed by atoms with van der Waals surface area (Å²) < 4.78 is 0. The van der Waals surface area contributed by atoms with Gasteiger partial charge in [-0.25, -0.2) is 0 Å². The molecule has 0 amide bonds. The summed E-state index contributed by atoms with van der Waals surface area (Å²) in [7, 11) is 1.92. The van der Waals surface area contributed by atoms with E-state index in [2.05, 4.69) is 17.4 Å². The molecule has 0 fully saturated rings. The number of hydrogen-bond donors (Lipinski definition) is 1. The quantitative estimate of drug-likeness (QED) is 0.786. The Kier molecular flexibility index (Phi) is 5.34. The second kappa shape index (κ2) is 6.82. The molecule has 0 aromatic heterocycles. The Hall–Kier alpha value is -0.730. The average molecular weight is 329 g/mol. The zero-order valence-corrected chi connectivity index (χ0v) is 13.7. The van der Waals surface area contributed by atoms with Crippen LogP contribution in [0.1, 0.15) is 22.7 Å². The van der Waals surface area contributed by atoms with Crippen molar-refractivity contribution < 1.29 is 0 Å². The largest absolute Gasteiger partial charge is 0.313 e. The maximum absolute atomic E-state index is 6.34. The van der Waals surface area contributed by atoms with Crippen LogP contribution in [0, 0.1) is 6.92 Å². The summed E-state index contributed by atoms with van der Waals surface area (Å²) in [5.41, 5.74) is 3.27. The van der Waals surface area contributed by atoms with Gasteiger partial charge in [-0.3, -0.25) is 0 Å². The Morgan fingerprint density at radius 1 is 1.00 bits per heavy atom. The molecule has 20 heavy (non-hydrogen) atoms. The van der Waals surface area contributed by atoms with E-state index in [-0.39, 0.29) is 6.04 Å². The molecule has 0 spiro atoms. The molecule has 1 nitrogen and oxygen atoms in total. The zero-order chi connectivity index (χ0) is 14.7. The number of rotatable bonds is 4. The lowest BCUT2D eigenvalue weighted by Crippen LogP contribution is -2.19. The van der Waals surface area contributed by atoms with Crippen LogP contribution in [0.3, 0.4) is 0 Å². The van der Waals surface area contributed by atoms with E-state index in [0.29, 0.717) is 10.0 Å². The highest BCUT2D eigenvalue weighted by Gasteiger charge is 2.15. The van der Waals surface area contributed by atoms with Gasteiger partial charge in [0.05, 0.1) is 0 Å². The number of nitrogens with one attached hydrogen (secondary N) is 1. The fraction of sp³-hybridized carbons (Fsp3) is 0.250. The topological polar surface area (TPSA) is 12.0 Å². The zero-order valence-electron chi connectivity index (χ0n) is 11.4. The molecule has 0 saturated heterocycles. The highest BCUT2D eigenvalue weighted by atomic mass is 35.5. The number of aryl methyl sites for hydroxylation is 1. The molecule has 0 radical (unpaired) electrons. The first-order valence-corrected chi connectivity index (χ1v) is 7.52. The van der Waals surface area contributed by atoms with E-state index in [4.69, 9.17) is 34.8 Å². The van der Waals surface area contributed by atoms with E-state index >= 15 is 0 Å². The summed E-state index contributed by atoms with van der Waals surface area (Å²) in [6, 6.07) is 11.8. The van der Waals surface area contributed by atoms with Gasteiger partial charge in [-0.1, -0.05) is 53.0 Å². The molecule has 0 bridgehead atoms. The summed E-state index contributed by atoms with van der Waals surface area (Å²) in [6.45, 7) is 2.03. The van der Waals surface area contributed by atoms with Gasteiger partial charge in [-0.2, -0.15) is 0 Å². The fourth-order valence-electron chi connectivity index (χ4n) is 2.19. The molecule has 0 heterocycles. The van der Waals surface area contributed by atoms with Crippen molar-refractivity contribution in [3.63, 3.8) is 0 Å². The maximum atomic E-state index is 6.34. The summed E-state index contributed by atoms with van der Waals surface area (Å²) >= 11 is 18.5. The van der Waals surface area contributed by atoms with Gasteiger partial charge in [0, 0.05) is 21.1 Å². The van der Waals surface area contributed by atoms with Crippen molar-refractivity contribution in [3.05, 3.63) is 68.2 Å². The van der Waals surface area contributed by atoms with E-state index in [9.17, 15) is 0 Å². The molecule has 1 N–H and O–H groups in total. The molecular weight excluding hydrogens is 313 g/mol. The Labute approximate surface area is 134 Å². The maximum Gasteiger partial charge on any atom is 0.0456 e. The number of benzene rings is 2. The van der Waals surface area contributed by atoms with Crippen molar-refractivity contribution in [2.45, 2.75) is 19.4 Å². The van der Waals surface area contributed by atoms with Crippen molar-refractivity contribution in [1.82, 2.24) is 5.32 Å². The van der Waals surface area contributed by atoms with Crippen molar-refractivity contribution in [2.24, 2.45) is 0 Å². The summed E-state index contributed by atoms with van der Waals surface area (Å²) in [5.74, 6) is 0. The van der Waals surface area contributed by atoms with Crippen LogP contribution in [0.2, 0.25) is 15.1 Å². The average Bonchev–Trinajstić information content (AvgIpc) is 2.39. The van der Waals surface area contributed by atoms with Gasteiger partial charge in [-0.15, -0.1) is 0 Å². The Bertz CT molecular complexity index is 611. The standard InChI is InChI=1S/C16H16Cl3N/c1-10-3-6-13(15(19)7-10)16(20-2)8-11-4-5-12(17)9-14(11)18/h3-7,9,16,20H,8H2,1-2H3. The molecule has 1 atom stereocenters. The normalized spacial score (nSPS) is 12.4. The fourth-order valence-corrected chi connectivity index (χ4v) is 3.04. The highest BCUT2D eigenvalue weighted by molar-refractivity contribution is 6.35. The second-order valence-corrected chi connectivity index (χ2v) is 6.06. The number of halogens is 3. The minimum Gasteiger partial charge on any atom is -0.313 e. The van der Waals surface area contributed by atoms with Gasteiger partial charge in [0.1, 0.15) is 0 Å². The van der Waals surface area contributed by atoms with E-state index in [1.54, 1.807) is 6.07 Å². The molecule has 2 aromatic carbocycles. The molecule has 106 valence electrons. The molecule has 2 aromatic rings. The van der Waals surface area contributed by atoms with Crippen molar-refractivity contribution >= 4 is 34.8 Å². The van der Waals surface area contributed by atoms with E-state index < -0.39 is 0 Å². The van der Waals surface area contributed by atoms with Crippen LogP contribution < -0.4 is 5.32 Å². The third-order valence-corrected chi connectivity index (χ3v) is 4.23. The predicted molar refractivity (Wildman–Crippen MR) is 88.2 cm³/mol. The third kappa shape index (κ3) is 3.67. The first-order valence-electron chi connectivity index (χ1n) is 6.38. The van der Waals surface area contributed by atoms with Crippen molar-refractivity contribution in [3.8, 4) is 0 Å². The molecule has 0 aliphatic carbocycles. The minimum atomic E-state index is 0.113. The third-order valence-electron chi connectivity index (χ3n) is 3.32. The molecule has 1 unspecified atom stereocenters. The predicted octanol–water partition coefficient (Wildman–Crippen LogP) is 5.46. The summed E-state index contributed by atoms with van der Waals surface area (Å²) in [4.78, 5) is 0. The Balaban J connectivity index is 2.28. The summed E-state index contributed by atoms with van der Waals surface area (Å²) in [6.07, 6.45) is 0.759. The monoisotopic (exact) mass is 327 g/mol. The van der Waals surface area contributed by atoms with Crippen LogP contribution in [-0.2, 0) is 6.42 Å². The Morgan fingerprint density at radius 3 is 2.35 bits per heavy atom. The second-order valence-electron chi connectivity index (χ2n) is 4.81. The molecule has 0 saturated carbocycles. The lowest BCUT2D eigenvalue weighted by Gasteiger charge is -2.19. The van der Waals surface area contributed by atoms with Gasteiger partial charge in [0.25, 0.3) is 0 Å². The molecular formula is C16H16Cl3N. The van der Waals surface area contributed by atoms with Crippen molar-refractivity contribution in [1.29, 1.82) is 0 Å². The van der Waals surface area contributed by atoms with Gasteiger partial charge in [0.2, 0.25) is 0 Å². The minimum absolute atomic E-state index is 0.113. The Morgan fingerprint density at radius 2 is 1.75 bits per heavy atom. The van der Waals surface area contributed by atoms with Crippen LogP contribution in [-0.4, -0.2) is 7.05 Å². The van der Waals surface area contributed by atoms with Gasteiger partial charge in [-0.05, 0) is 55.3 Å². The van der Waals surface area contributed by atoms with Crippen LogP contribution in [0.25, 0.3) is 0 Å². The highest BCUT2D eigenvalue weighted by Crippen LogP contribution is 2.29. The van der Waals surface area contributed by atoms with Gasteiger partial charge >= 0.3 is 0 Å². The molecule has 2 rings (SSSR count). The number of hydrogen-bond acceptors (Lipinski definition) is 1. The van der Waals surface area contributed by atoms with E-state index in [1.807, 2.05) is 32.2 Å². The molecule has 4 heteroatoms. The smallest absolute Gasteiger partial charge is 0.0456 e. The SMILES string of the molecule is CNC(Cc1ccc(Cl)cc1Cl)c1ccc(C)cc1Cl. The van der Waals surface area contributed by atoms with Gasteiger partial charge in [0.15, 0.2) is 0 Å². The lowest BCUT2D eigenvalue weighted by atomic mass is 9.98. The van der Waals surface area contributed by atoms with Crippen LogP contribution >= 0.6 is 34.8 Å². The summed E-state index contributed by atoms with van der Waals surface area (Å²) in [5, 5.41) is 5.39. The van der Waals surface area contributed by atoms with Crippen LogP contribution in [0.4, 0.5) is 0 Å². The number of likely N-dealkylation sites (N-methyl/N-ethyl adjacent to an activating group) is 1. The van der Waals surface area contributed by atoms with Crippen LogP contribution in [0.15, 0.2) is 36.4 Å². The first kappa shape index (κ1) is 15.7. The van der Waals surface area contributed by atoms with Crippen LogP contribution in [0.5, 0.6) is 0 Å². The molecule has 0 aliphatic heterocycles.